The average Bonchev–Trinajstić information content (AvgIpc) is 3.94. The molecule has 2 atom stereocenters. The van der Waals surface area contributed by atoms with Crippen LogP contribution in [0.2, 0.25) is 0 Å². The summed E-state index contributed by atoms with van der Waals surface area (Å²) in [5.41, 5.74) is 10.1. The molecule has 5 nitrogen and oxygen atoms in total. The van der Waals surface area contributed by atoms with E-state index in [4.69, 9.17) is 15.0 Å². The van der Waals surface area contributed by atoms with E-state index in [0.29, 0.717) is 17.6 Å². The first-order valence-corrected chi connectivity index (χ1v) is 20.2. The molecule has 268 valence electrons. The van der Waals surface area contributed by atoms with E-state index in [0.717, 1.165) is 27.5 Å². The van der Waals surface area contributed by atoms with Gasteiger partial charge in [0.05, 0.1) is 22.8 Å². The molecule has 0 radical (unpaired) electrons. The largest absolute Gasteiger partial charge is 0.333 e. The van der Waals surface area contributed by atoms with E-state index in [1.54, 1.807) is 0 Å². The number of hydrogen-bond acceptors (Lipinski definition) is 5. The summed E-state index contributed by atoms with van der Waals surface area (Å²) in [5.74, 6) is 2.08. The number of rotatable bonds is 5. The fraction of sp³-hybridized carbons (Fsp3) is 0.0392. The Labute approximate surface area is 333 Å². The number of benzene rings is 7. The zero-order valence-electron chi connectivity index (χ0n) is 30.7. The highest BCUT2D eigenvalue weighted by molar-refractivity contribution is 7.25. The van der Waals surface area contributed by atoms with Crippen molar-refractivity contribution in [3.8, 4) is 39.9 Å². The topological polar surface area (TPSA) is 46.8 Å². The minimum absolute atomic E-state index is 0.128. The van der Waals surface area contributed by atoms with Crippen molar-refractivity contribution < 1.29 is 0 Å². The van der Waals surface area contributed by atoms with Crippen LogP contribution in [0, 0.1) is 0 Å². The molecule has 1 aliphatic heterocycles. The second-order valence-electron chi connectivity index (χ2n) is 14.8. The van der Waals surface area contributed by atoms with Gasteiger partial charge in [-0.25, -0.2) is 4.98 Å². The quantitative estimate of drug-likeness (QED) is 0.176. The molecule has 3 aromatic heterocycles. The molecule has 2 aliphatic rings. The van der Waals surface area contributed by atoms with E-state index in [1.807, 2.05) is 47.7 Å². The molecular weight excluding hydrogens is 715 g/mol. The SMILES string of the molecule is C1=CC2c3ccc4c(c3N(c3cccc(-c5ccc6sc7ccccc7c6c5)c3)C2C=C1)c1ccccc1n4-c1nc(-c2ccccc2)nc(-c2ccccc2)n1. The normalized spacial score (nSPS) is 15.9. The van der Waals surface area contributed by atoms with Crippen LogP contribution in [0.1, 0.15) is 11.5 Å². The van der Waals surface area contributed by atoms with Gasteiger partial charge in [-0.1, -0.05) is 146 Å². The Kier molecular flexibility index (Phi) is 7.16. The van der Waals surface area contributed by atoms with Gasteiger partial charge in [0.1, 0.15) is 0 Å². The second-order valence-corrected chi connectivity index (χ2v) is 15.9. The van der Waals surface area contributed by atoms with Gasteiger partial charge >= 0.3 is 0 Å². The first-order valence-electron chi connectivity index (χ1n) is 19.4. The summed E-state index contributed by atoms with van der Waals surface area (Å²) in [5, 5.41) is 4.98. The third-order valence-corrected chi connectivity index (χ3v) is 12.7. The van der Waals surface area contributed by atoms with Crippen LogP contribution in [0.5, 0.6) is 0 Å². The van der Waals surface area contributed by atoms with Gasteiger partial charge in [0, 0.05) is 53.7 Å². The molecule has 1 aliphatic carbocycles. The first-order chi connectivity index (χ1) is 28.3. The summed E-state index contributed by atoms with van der Waals surface area (Å²) in [6.07, 6.45) is 9.11. The smallest absolute Gasteiger partial charge is 0.238 e. The number of para-hydroxylation sites is 1. The Balaban J connectivity index is 1.08. The molecule has 2 unspecified atom stereocenters. The standard InChI is InChI=1S/C51H33N5S/c1-3-14-32(15-4-1)49-52-50(33-16-5-2-6-17-33)54-51(53-49)56-43-24-11-8-22-40(43)47-44(56)28-27-39-37-20-7-10-23-42(37)55(48(39)47)36-19-13-18-34(30-36)35-26-29-46-41(31-35)38-21-9-12-25-45(38)57-46/h1-31,37,42H. The lowest BCUT2D eigenvalue weighted by atomic mass is 9.91. The molecule has 57 heavy (non-hydrogen) atoms. The van der Waals surface area contributed by atoms with Crippen molar-refractivity contribution in [3.63, 3.8) is 0 Å². The average molecular weight is 748 g/mol. The lowest BCUT2D eigenvalue weighted by Gasteiger charge is -2.29. The van der Waals surface area contributed by atoms with E-state index < -0.39 is 0 Å². The molecule has 10 aromatic rings. The van der Waals surface area contributed by atoms with Gasteiger partial charge in [0.15, 0.2) is 11.6 Å². The Morgan fingerprint density at radius 3 is 1.95 bits per heavy atom. The summed E-state index contributed by atoms with van der Waals surface area (Å²) in [6, 6.07) is 58.5. The third kappa shape index (κ3) is 5.04. The summed E-state index contributed by atoms with van der Waals surface area (Å²) in [4.78, 5) is 18.0. The zero-order chi connectivity index (χ0) is 37.5. The van der Waals surface area contributed by atoms with Crippen LogP contribution in [-0.2, 0) is 0 Å². The lowest BCUT2D eigenvalue weighted by molar-refractivity contribution is 0.745. The van der Waals surface area contributed by atoms with Crippen LogP contribution in [0.25, 0.3) is 81.8 Å². The lowest BCUT2D eigenvalue weighted by Crippen LogP contribution is -2.28. The van der Waals surface area contributed by atoms with Crippen LogP contribution in [0.4, 0.5) is 11.4 Å². The maximum Gasteiger partial charge on any atom is 0.238 e. The summed E-state index contributed by atoms with van der Waals surface area (Å²) in [6.45, 7) is 0. The fourth-order valence-corrected chi connectivity index (χ4v) is 10.1. The summed E-state index contributed by atoms with van der Waals surface area (Å²) >= 11 is 1.86. The Morgan fingerprint density at radius 1 is 0.474 bits per heavy atom. The van der Waals surface area contributed by atoms with E-state index in [1.165, 1.54) is 53.6 Å². The minimum Gasteiger partial charge on any atom is -0.333 e. The zero-order valence-corrected chi connectivity index (χ0v) is 31.5. The molecule has 0 fully saturated rings. The maximum atomic E-state index is 5.20. The minimum atomic E-state index is 0.128. The van der Waals surface area contributed by atoms with Crippen molar-refractivity contribution in [1.29, 1.82) is 0 Å². The van der Waals surface area contributed by atoms with Gasteiger partial charge in [0.2, 0.25) is 5.95 Å². The van der Waals surface area contributed by atoms with Crippen LogP contribution >= 0.6 is 11.3 Å². The predicted octanol–water partition coefficient (Wildman–Crippen LogP) is 13.1. The van der Waals surface area contributed by atoms with Crippen LogP contribution < -0.4 is 4.90 Å². The van der Waals surface area contributed by atoms with Crippen LogP contribution in [0.3, 0.4) is 0 Å². The second kappa shape index (κ2) is 12.7. The van der Waals surface area contributed by atoms with E-state index in [-0.39, 0.29) is 12.0 Å². The highest BCUT2D eigenvalue weighted by Crippen LogP contribution is 2.53. The number of fused-ring (bicyclic) bond motifs is 10. The monoisotopic (exact) mass is 747 g/mol. The summed E-state index contributed by atoms with van der Waals surface area (Å²) < 4.78 is 4.87. The number of nitrogens with zero attached hydrogens (tertiary/aromatic N) is 5. The Hall–Kier alpha value is -7.15. The number of allylic oxidation sites excluding steroid dienone is 2. The van der Waals surface area contributed by atoms with Gasteiger partial charge in [-0.15, -0.1) is 11.3 Å². The third-order valence-electron chi connectivity index (χ3n) is 11.6. The van der Waals surface area contributed by atoms with Gasteiger partial charge in [0.25, 0.3) is 0 Å². The molecule has 0 spiro atoms. The van der Waals surface area contributed by atoms with Crippen LogP contribution in [-0.4, -0.2) is 25.6 Å². The Morgan fingerprint density at radius 2 is 1.14 bits per heavy atom. The highest BCUT2D eigenvalue weighted by Gasteiger charge is 2.40. The highest BCUT2D eigenvalue weighted by atomic mass is 32.1. The number of thiophene rings is 1. The Bertz CT molecular complexity index is 3210. The molecule has 0 saturated carbocycles. The molecule has 0 bridgehead atoms. The molecule has 7 aromatic carbocycles. The molecule has 4 heterocycles. The predicted molar refractivity (Wildman–Crippen MR) is 237 cm³/mol. The van der Waals surface area contributed by atoms with Crippen molar-refractivity contribution in [2.45, 2.75) is 12.0 Å². The van der Waals surface area contributed by atoms with Crippen LogP contribution in [0.15, 0.2) is 188 Å². The van der Waals surface area contributed by atoms with Gasteiger partial charge < -0.3 is 4.90 Å². The van der Waals surface area contributed by atoms with Crippen molar-refractivity contribution in [3.05, 3.63) is 194 Å². The maximum absolute atomic E-state index is 5.20. The molecule has 0 saturated heterocycles. The summed E-state index contributed by atoms with van der Waals surface area (Å²) in [7, 11) is 0. The number of aromatic nitrogens is 4. The molecule has 6 heteroatoms. The van der Waals surface area contributed by atoms with Gasteiger partial charge in [-0.2, -0.15) is 9.97 Å². The van der Waals surface area contributed by atoms with Crippen molar-refractivity contribution >= 4 is 64.7 Å². The fourth-order valence-electron chi connectivity index (χ4n) is 9.02. The van der Waals surface area contributed by atoms with Crippen molar-refractivity contribution in [1.82, 2.24) is 19.5 Å². The van der Waals surface area contributed by atoms with Gasteiger partial charge in [-0.3, -0.25) is 4.57 Å². The van der Waals surface area contributed by atoms with Crippen molar-refractivity contribution in [2.75, 3.05) is 4.90 Å². The van der Waals surface area contributed by atoms with Crippen molar-refractivity contribution in [2.24, 2.45) is 0 Å². The molecular formula is C51H33N5S. The number of hydrogen-bond donors (Lipinski definition) is 0. The van der Waals surface area contributed by atoms with E-state index in [2.05, 4.69) is 161 Å². The van der Waals surface area contributed by atoms with E-state index in [9.17, 15) is 0 Å². The number of anilines is 2. The first kappa shape index (κ1) is 32.1. The molecule has 0 N–H and O–H groups in total. The van der Waals surface area contributed by atoms with Gasteiger partial charge in [-0.05, 0) is 59.2 Å². The van der Waals surface area contributed by atoms with E-state index >= 15 is 0 Å². The molecule has 0 amide bonds. The molecule has 12 rings (SSSR count).